The number of phenolic OH excluding ortho intramolecular Hbond substituents is 1. The zero-order chi connectivity index (χ0) is 21.8. The number of nitrogens with zero attached hydrogens (tertiary/aromatic N) is 2. The minimum Gasteiger partial charge on any atom is -0.504 e. The first-order chi connectivity index (χ1) is 15.4. The maximum Gasteiger partial charge on any atom is 0.166 e. The van der Waals surface area contributed by atoms with E-state index >= 15 is 0 Å². The molecule has 2 N–H and O–H groups in total. The predicted octanol–water partition coefficient (Wildman–Crippen LogP) is 4.14. The van der Waals surface area contributed by atoms with Gasteiger partial charge in [-0.05, 0) is 67.4 Å². The van der Waals surface area contributed by atoms with Crippen LogP contribution in [0.4, 0.5) is 0 Å². The Hall–Kier alpha value is -2.41. The van der Waals surface area contributed by atoms with Crippen molar-refractivity contribution in [3.63, 3.8) is 0 Å². The summed E-state index contributed by atoms with van der Waals surface area (Å²) in [5, 5.41) is 23.1. The van der Waals surface area contributed by atoms with E-state index in [1.54, 1.807) is 6.07 Å². The standard InChI is InChI=1S/C26H23BrN2O3/c1-29-9-8-25-21-15-4-7-19(30)23(21)32-24(25)22-16(12-26(25,31)20(29)11-15)10-17(13-28-22)14-2-5-18(27)6-3-14/h2-7,10,13,20,24,30-31H,8-9,11-12H2,1H3/t20-,24-,25-,26+/m0/s1. The summed E-state index contributed by atoms with van der Waals surface area (Å²) >= 11 is 3.50. The molecule has 1 saturated heterocycles. The molecule has 5 nitrogen and oxygen atoms in total. The molecule has 4 atom stereocenters. The molecule has 3 aromatic rings. The summed E-state index contributed by atoms with van der Waals surface area (Å²) in [6, 6.07) is 14.1. The molecule has 0 radical (unpaired) electrons. The number of hydrogen-bond acceptors (Lipinski definition) is 5. The third kappa shape index (κ3) is 2.13. The van der Waals surface area contributed by atoms with Crippen LogP contribution in [0, 0.1) is 0 Å². The van der Waals surface area contributed by atoms with Crippen molar-refractivity contribution in [1.82, 2.24) is 9.88 Å². The van der Waals surface area contributed by atoms with E-state index in [4.69, 9.17) is 9.72 Å². The summed E-state index contributed by atoms with van der Waals surface area (Å²) in [5.74, 6) is 0.695. The van der Waals surface area contributed by atoms with Crippen LogP contribution in [0.3, 0.4) is 0 Å². The summed E-state index contributed by atoms with van der Waals surface area (Å²) in [7, 11) is 2.11. The summed E-state index contributed by atoms with van der Waals surface area (Å²) in [4.78, 5) is 7.21. The fourth-order valence-corrected chi connectivity index (χ4v) is 7.18. The Balaban J connectivity index is 1.46. The van der Waals surface area contributed by atoms with Crippen LogP contribution in [0.2, 0.25) is 0 Å². The average molecular weight is 491 g/mol. The van der Waals surface area contributed by atoms with Gasteiger partial charge in [-0.3, -0.25) is 4.98 Å². The van der Waals surface area contributed by atoms with Crippen molar-refractivity contribution in [3.05, 3.63) is 75.5 Å². The molecule has 0 amide bonds. The largest absolute Gasteiger partial charge is 0.504 e. The van der Waals surface area contributed by atoms with Gasteiger partial charge in [0, 0.05) is 34.3 Å². The number of ether oxygens (including phenoxy) is 1. The number of piperidine rings is 1. The molecule has 162 valence electrons. The Morgan fingerprint density at radius 1 is 1.12 bits per heavy atom. The molecular weight excluding hydrogens is 468 g/mol. The number of likely N-dealkylation sites (N-methyl/N-ethyl adjacent to an activating group) is 1. The maximum absolute atomic E-state index is 12.5. The lowest BCUT2D eigenvalue weighted by atomic mass is 9.49. The average Bonchev–Trinajstić information content (AvgIpc) is 3.14. The highest BCUT2D eigenvalue weighted by atomic mass is 79.9. The molecule has 2 aromatic carbocycles. The second-order valence-electron chi connectivity index (χ2n) is 9.74. The van der Waals surface area contributed by atoms with E-state index in [0.717, 1.165) is 51.8 Å². The van der Waals surface area contributed by atoms with Gasteiger partial charge in [-0.25, -0.2) is 0 Å². The highest BCUT2D eigenvalue weighted by Crippen LogP contribution is 2.68. The van der Waals surface area contributed by atoms with Crippen LogP contribution in [0.25, 0.3) is 11.1 Å². The fraction of sp³-hybridized carbons (Fsp3) is 0.346. The summed E-state index contributed by atoms with van der Waals surface area (Å²) < 4.78 is 7.54. The molecule has 7 rings (SSSR count). The summed E-state index contributed by atoms with van der Waals surface area (Å²) in [5.41, 5.74) is 4.67. The van der Waals surface area contributed by atoms with Crippen LogP contribution in [0.1, 0.15) is 34.9 Å². The number of aromatic nitrogens is 1. The van der Waals surface area contributed by atoms with Crippen molar-refractivity contribution in [2.45, 2.75) is 42.4 Å². The Bertz CT molecular complexity index is 1290. The van der Waals surface area contributed by atoms with Crippen LogP contribution in [-0.4, -0.2) is 45.3 Å². The molecule has 6 heteroatoms. The Kier molecular flexibility index (Phi) is 3.66. The van der Waals surface area contributed by atoms with E-state index in [2.05, 4.69) is 46.1 Å². The lowest BCUT2D eigenvalue weighted by molar-refractivity contribution is -0.168. The zero-order valence-electron chi connectivity index (χ0n) is 17.7. The predicted molar refractivity (Wildman–Crippen MR) is 124 cm³/mol. The number of fused-ring (bicyclic) bond motifs is 2. The summed E-state index contributed by atoms with van der Waals surface area (Å²) in [6.07, 6.45) is 3.57. The lowest BCUT2D eigenvalue weighted by Crippen LogP contribution is -2.74. The van der Waals surface area contributed by atoms with Crippen molar-refractivity contribution >= 4 is 15.9 Å². The minimum atomic E-state index is -0.982. The molecule has 2 aliphatic carbocycles. The van der Waals surface area contributed by atoms with Crippen LogP contribution >= 0.6 is 15.9 Å². The Morgan fingerprint density at radius 3 is 2.75 bits per heavy atom. The quantitative estimate of drug-likeness (QED) is 0.536. The van der Waals surface area contributed by atoms with Crippen molar-refractivity contribution < 1.29 is 14.9 Å². The number of aromatic hydroxyl groups is 1. The van der Waals surface area contributed by atoms with E-state index in [9.17, 15) is 10.2 Å². The SMILES string of the molecule is CN1CC[C@]23c4c5ccc(O)c4O[C@H]2c2ncc(-c4ccc(Br)cc4)cc2C[C@@]3(O)[C@@H]1C5. The number of phenols is 1. The van der Waals surface area contributed by atoms with E-state index in [0.29, 0.717) is 12.2 Å². The van der Waals surface area contributed by atoms with Gasteiger partial charge < -0.3 is 19.8 Å². The van der Waals surface area contributed by atoms with Crippen LogP contribution in [0.5, 0.6) is 11.5 Å². The highest BCUT2D eigenvalue weighted by Gasteiger charge is 2.72. The van der Waals surface area contributed by atoms with Gasteiger partial charge in [0.1, 0.15) is 0 Å². The molecule has 0 unspecified atom stereocenters. The van der Waals surface area contributed by atoms with Crippen molar-refractivity contribution in [2.24, 2.45) is 0 Å². The van der Waals surface area contributed by atoms with Crippen molar-refractivity contribution in [1.29, 1.82) is 0 Å². The first-order valence-electron chi connectivity index (χ1n) is 11.1. The molecule has 1 spiro atoms. The van der Waals surface area contributed by atoms with Gasteiger partial charge in [0.05, 0.1) is 16.7 Å². The lowest BCUT2D eigenvalue weighted by Gasteiger charge is -2.62. The Labute approximate surface area is 194 Å². The van der Waals surface area contributed by atoms with E-state index in [-0.39, 0.29) is 11.8 Å². The smallest absolute Gasteiger partial charge is 0.166 e. The highest BCUT2D eigenvalue weighted by molar-refractivity contribution is 9.10. The molecule has 2 bridgehead atoms. The van der Waals surface area contributed by atoms with Crippen LogP contribution in [0.15, 0.2) is 53.1 Å². The van der Waals surface area contributed by atoms with Gasteiger partial charge in [0.15, 0.2) is 17.6 Å². The number of likely N-dealkylation sites (tertiary alicyclic amines) is 1. The molecule has 3 heterocycles. The maximum atomic E-state index is 12.5. The molecule has 4 aliphatic rings. The van der Waals surface area contributed by atoms with Gasteiger partial charge in [0.2, 0.25) is 0 Å². The van der Waals surface area contributed by atoms with Crippen molar-refractivity contribution in [2.75, 3.05) is 13.6 Å². The van der Waals surface area contributed by atoms with Crippen LogP contribution in [-0.2, 0) is 18.3 Å². The number of hydrogen-bond donors (Lipinski definition) is 2. The number of pyridine rings is 1. The van der Waals surface area contributed by atoms with Gasteiger partial charge >= 0.3 is 0 Å². The normalized spacial score (nSPS) is 31.6. The van der Waals surface area contributed by atoms with E-state index < -0.39 is 17.1 Å². The third-order valence-corrected chi connectivity index (χ3v) is 8.90. The first kappa shape index (κ1) is 19.1. The molecule has 1 aromatic heterocycles. The molecule has 2 aliphatic heterocycles. The molecule has 32 heavy (non-hydrogen) atoms. The van der Waals surface area contributed by atoms with Crippen molar-refractivity contribution in [3.8, 4) is 22.6 Å². The molecule has 1 fully saturated rings. The van der Waals surface area contributed by atoms with Gasteiger partial charge in [-0.1, -0.05) is 34.1 Å². The monoisotopic (exact) mass is 490 g/mol. The summed E-state index contributed by atoms with van der Waals surface area (Å²) in [6.45, 7) is 0.883. The van der Waals surface area contributed by atoms with Gasteiger partial charge in [-0.2, -0.15) is 0 Å². The topological polar surface area (TPSA) is 65.8 Å². The first-order valence-corrected chi connectivity index (χ1v) is 11.9. The van der Waals surface area contributed by atoms with Gasteiger partial charge in [0.25, 0.3) is 0 Å². The number of benzene rings is 2. The number of halogens is 1. The number of aliphatic hydroxyl groups is 1. The fourth-order valence-electron chi connectivity index (χ4n) is 6.91. The van der Waals surface area contributed by atoms with Crippen LogP contribution < -0.4 is 4.74 Å². The minimum absolute atomic E-state index is 0.00479. The Morgan fingerprint density at radius 2 is 1.94 bits per heavy atom. The van der Waals surface area contributed by atoms with E-state index in [1.165, 1.54) is 5.56 Å². The molecular formula is C26H23BrN2O3. The zero-order valence-corrected chi connectivity index (χ0v) is 19.3. The molecule has 0 saturated carbocycles. The second-order valence-corrected chi connectivity index (χ2v) is 10.7. The van der Waals surface area contributed by atoms with E-state index in [1.807, 2.05) is 24.4 Å². The third-order valence-electron chi connectivity index (χ3n) is 8.37. The van der Waals surface area contributed by atoms with Gasteiger partial charge in [-0.15, -0.1) is 0 Å². The second kappa shape index (κ2) is 6.13. The number of rotatable bonds is 1.